The Morgan fingerprint density at radius 2 is 1.92 bits per heavy atom. The van der Waals surface area contributed by atoms with E-state index in [1.807, 2.05) is 50.2 Å². The number of nitrogens with zero attached hydrogens (tertiary/aromatic N) is 3. The van der Waals surface area contributed by atoms with Crippen LogP contribution in [0.1, 0.15) is 27.3 Å². The molecule has 0 bridgehead atoms. The molecule has 0 fully saturated rings. The number of hydrogen-bond donors (Lipinski definition) is 2. The fourth-order valence-corrected chi connectivity index (χ4v) is 2.37. The maximum atomic E-state index is 12.3. The smallest absolute Gasteiger partial charge is 0.276 e. The van der Waals surface area contributed by atoms with E-state index in [4.69, 9.17) is 0 Å². The quantitative estimate of drug-likeness (QED) is 0.748. The molecule has 3 rings (SSSR count). The van der Waals surface area contributed by atoms with E-state index in [0.29, 0.717) is 12.4 Å². The molecular formula is C19H19N5O. The number of hydrogen-bond acceptors (Lipinski definition) is 5. The van der Waals surface area contributed by atoms with Gasteiger partial charge in [0.2, 0.25) is 0 Å². The number of pyridine rings is 1. The van der Waals surface area contributed by atoms with Crippen LogP contribution in [-0.2, 0) is 6.54 Å². The molecule has 25 heavy (non-hydrogen) atoms. The Hall–Kier alpha value is -3.28. The molecule has 0 spiro atoms. The fraction of sp³-hybridized carbons (Fsp3) is 0.158. The molecule has 0 aliphatic carbocycles. The third-order valence-electron chi connectivity index (χ3n) is 3.70. The monoisotopic (exact) mass is 333 g/mol. The number of benzene rings is 1. The van der Waals surface area contributed by atoms with E-state index in [1.165, 1.54) is 0 Å². The molecular weight excluding hydrogens is 314 g/mol. The Kier molecular flexibility index (Phi) is 4.99. The molecule has 0 saturated carbocycles. The normalized spacial score (nSPS) is 10.3. The van der Waals surface area contributed by atoms with Gasteiger partial charge in [-0.25, -0.2) is 0 Å². The second-order valence-corrected chi connectivity index (χ2v) is 5.75. The van der Waals surface area contributed by atoms with Crippen molar-refractivity contribution in [2.24, 2.45) is 0 Å². The van der Waals surface area contributed by atoms with Crippen molar-refractivity contribution in [2.75, 3.05) is 10.6 Å². The second-order valence-electron chi connectivity index (χ2n) is 5.75. The summed E-state index contributed by atoms with van der Waals surface area (Å²) in [5.74, 6) is 0.310. The summed E-state index contributed by atoms with van der Waals surface area (Å²) >= 11 is 0. The van der Waals surface area contributed by atoms with Crippen LogP contribution in [-0.4, -0.2) is 21.1 Å². The lowest BCUT2D eigenvalue weighted by atomic mass is 10.1. The van der Waals surface area contributed by atoms with E-state index in [0.717, 1.165) is 22.5 Å². The van der Waals surface area contributed by atoms with Crippen LogP contribution in [0.25, 0.3) is 0 Å². The van der Waals surface area contributed by atoms with E-state index in [9.17, 15) is 4.79 Å². The Bertz CT molecular complexity index is 863. The van der Waals surface area contributed by atoms with Crippen molar-refractivity contribution < 1.29 is 4.79 Å². The summed E-state index contributed by atoms with van der Waals surface area (Å²) in [6.45, 7) is 4.52. The van der Waals surface area contributed by atoms with Gasteiger partial charge in [-0.3, -0.25) is 9.78 Å². The summed E-state index contributed by atoms with van der Waals surface area (Å²) in [4.78, 5) is 16.5. The summed E-state index contributed by atoms with van der Waals surface area (Å²) in [5, 5.41) is 14.0. The molecule has 2 heterocycles. The number of aryl methyl sites for hydroxylation is 2. The molecule has 6 heteroatoms. The second kappa shape index (κ2) is 7.53. The maximum Gasteiger partial charge on any atom is 0.276 e. The lowest BCUT2D eigenvalue weighted by Gasteiger charge is -2.09. The standard InChI is InChI=1S/C19H19N5O/c1-13-6-7-16(14(2)11-13)22-19(25)17-8-9-18(24-23-17)21-12-15-5-3-4-10-20-15/h3-11H,12H2,1-2H3,(H,21,24)(H,22,25). The summed E-state index contributed by atoms with van der Waals surface area (Å²) in [6.07, 6.45) is 1.74. The number of anilines is 2. The molecule has 126 valence electrons. The first-order chi connectivity index (χ1) is 12.1. The van der Waals surface area contributed by atoms with Crippen LogP contribution in [0.2, 0.25) is 0 Å². The minimum atomic E-state index is -0.282. The molecule has 2 aromatic heterocycles. The number of aromatic nitrogens is 3. The number of rotatable bonds is 5. The van der Waals surface area contributed by atoms with Crippen LogP contribution in [0.3, 0.4) is 0 Å². The van der Waals surface area contributed by atoms with Gasteiger partial charge in [-0.1, -0.05) is 23.8 Å². The SMILES string of the molecule is Cc1ccc(NC(=O)c2ccc(NCc3ccccn3)nn2)c(C)c1. The van der Waals surface area contributed by atoms with Gasteiger partial charge in [-0.05, 0) is 49.7 Å². The molecule has 0 atom stereocenters. The van der Waals surface area contributed by atoms with Gasteiger partial charge < -0.3 is 10.6 Å². The van der Waals surface area contributed by atoms with Crippen LogP contribution >= 0.6 is 0 Å². The van der Waals surface area contributed by atoms with E-state index in [1.54, 1.807) is 18.3 Å². The zero-order chi connectivity index (χ0) is 17.6. The lowest BCUT2D eigenvalue weighted by molar-refractivity contribution is 0.102. The fourth-order valence-electron chi connectivity index (χ4n) is 2.37. The van der Waals surface area contributed by atoms with Gasteiger partial charge in [-0.2, -0.15) is 0 Å². The van der Waals surface area contributed by atoms with Crippen molar-refractivity contribution in [1.29, 1.82) is 0 Å². The first-order valence-corrected chi connectivity index (χ1v) is 7.98. The van der Waals surface area contributed by atoms with Gasteiger partial charge in [0, 0.05) is 11.9 Å². The largest absolute Gasteiger partial charge is 0.363 e. The lowest BCUT2D eigenvalue weighted by Crippen LogP contribution is -2.15. The van der Waals surface area contributed by atoms with Crippen LogP contribution in [0.15, 0.2) is 54.7 Å². The first kappa shape index (κ1) is 16.6. The molecule has 0 saturated heterocycles. The third-order valence-corrected chi connectivity index (χ3v) is 3.70. The number of carbonyl (C=O) groups excluding carboxylic acids is 1. The van der Waals surface area contributed by atoms with Crippen molar-refractivity contribution in [3.63, 3.8) is 0 Å². The Labute approximate surface area is 146 Å². The molecule has 6 nitrogen and oxygen atoms in total. The molecule has 0 radical (unpaired) electrons. The van der Waals surface area contributed by atoms with Crippen LogP contribution < -0.4 is 10.6 Å². The number of amides is 1. The van der Waals surface area contributed by atoms with Crippen LogP contribution in [0, 0.1) is 13.8 Å². The zero-order valence-electron chi connectivity index (χ0n) is 14.2. The predicted molar refractivity (Wildman–Crippen MR) is 97.5 cm³/mol. The zero-order valence-corrected chi connectivity index (χ0v) is 14.2. The van der Waals surface area contributed by atoms with Gasteiger partial charge in [0.1, 0.15) is 5.82 Å². The Morgan fingerprint density at radius 1 is 1.04 bits per heavy atom. The minimum Gasteiger partial charge on any atom is -0.363 e. The van der Waals surface area contributed by atoms with Crippen molar-refractivity contribution in [3.05, 3.63) is 77.2 Å². The Balaban J connectivity index is 1.62. The van der Waals surface area contributed by atoms with Gasteiger partial charge >= 0.3 is 0 Å². The molecule has 1 amide bonds. The third kappa shape index (κ3) is 4.38. The molecule has 3 aromatic rings. The van der Waals surface area contributed by atoms with E-state index in [2.05, 4.69) is 25.8 Å². The van der Waals surface area contributed by atoms with E-state index < -0.39 is 0 Å². The highest BCUT2D eigenvalue weighted by Gasteiger charge is 2.10. The van der Waals surface area contributed by atoms with Crippen molar-refractivity contribution in [3.8, 4) is 0 Å². The summed E-state index contributed by atoms with van der Waals surface area (Å²) in [6, 6.07) is 15.0. The van der Waals surface area contributed by atoms with Crippen molar-refractivity contribution in [2.45, 2.75) is 20.4 Å². The van der Waals surface area contributed by atoms with Gasteiger partial charge in [0.05, 0.1) is 12.2 Å². The van der Waals surface area contributed by atoms with Crippen molar-refractivity contribution >= 4 is 17.4 Å². The molecule has 0 unspecified atom stereocenters. The number of carbonyl (C=O) groups is 1. The van der Waals surface area contributed by atoms with Crippen LogP contribution in [0.4, 0.5) is 11.5 Å². The highest BCUT2D eigenvalue weighted by molar-refractivity contribution is 6.03. The Morgan fingerprint density at radius 3 is 2.60 bits per heavy atom. The topological polar surface area (TPSA) is 79.8 Å². The van der Waals surface area contributed by atoms with Gasteiger partial charge in [0.15, 0.2) is 5.69 Å². The highest BCUT2D eigenvalue weighted by atomic mass is 16.1. The van der Waals surface area contributed by atoms with Crippen LogP contribution in [0.5, 0.6) is 0 Å². The molecule has 1 aromatic carbocycles. The average Bonchev–Trinajstić information content (AvgIpc) is 2.63. The molecule has 0 aliphatic heterocycles. The van der Waals surface area contributed by atoms with E-state index in [-0.39, 0.29) is 11.6 Å². The summed E-state index contributed by atoms with van der Waals surface area (Å²) < 4.78 is 0. The average molecular weight is 333 g/mol. The predicted octanol–water partition coefficient (Wildman–Crippen LogP) is 3.35. The summed E-state index contributed by atoms with van der Waals surface area (Å²) in [7, 11) is 0. The van der Waals surface area contributed by atoms with Crippen molar-refractivity contribution in [1.82, 2.24) is 15.2 Å². The molecule has 2 N–H and O–H groups in total. The van der Waals surface area contributed by atoms with Gasteiger partial charge in [0.25, 0.3) is 5.91 Å². The first-order valence-electron chi connectivity index (χ1n) is 7.98. The van der Waals surface area contributed by atoms with Gasteiger partial charge in [-0.15, -0.1) is 10.2 Å². The minimum absolute atomic E-state index is 0.267. The molecule has 0 aliphatic rings. The van der Waals surface area contributed by atoms with E-state index >= 15 is 0 Å². The number of nitrogens with one attached hydrogen (secondary N) is 2. The maximum absolute atomic E-state index is 12.3. The summed E-state index contributed by atoms with van der Waals surface area (Å²) in [5.41, 5.74) is 4.10. The highest BCUT2D eigenvalue weighted by Crippen LogP contribution is 2.17.